The average molecular weight is 415 g/mol. The van der Waals surface area contributed by atoms with Gasteiger partial charge in [-0.25, -0.2) is 4.79 Å². The molecule has 0 aliphatic rings. The summed E-state index contributed by atoms with van der Waals surface area (Å²) in [5, 5.41) is 18.8. The highest BCUT2D eigenvalue weighted by Crippen LogP contribution is 2.16. The molecule has 0 N–H and O–H groups in total. The Labute approximate surface area is 176 Å². The van der Waals surface area contributed by atoms with E-state index in [2.05, 4.69) is 0 Å². The zero-order valence-corrected chi connectivity index (χ0v) is 17.4. The molecule has 0 aliphatic heterocycles. The first-order valence-electron chi connectivity index (χ1n) is 8.94. The maximum Gasteiger partial charge on any atom is 0.337 e. The molecule has 3 rings (SSSR count). The number of hydrogen-bond donors (Lipinski definition) is 0. The first-order chi connectivity index (χ1) is 14.4. The number of methoxy groups -OCH3 is 1. The molecule has 7 heteroatoms. The molecule has 0 aliphatic carbocycles. The van der Waals surface area contributed by atoms with Crippen LogP contribution in [0.15, 0.2) is 47.3 Å². The number of benzene rings is 2. The summed E-state index contributed by atoms with van der Waals surface area (Å²) in [6.45, 7) is 3.76. The molecule has 0 bridgehead atoms. The number of nitrogens with zero attached hydrogens (tertiary/aromatic N) is 3. The van der Waals surface area contributed by atoms with Crippen molar-refractivity contribution in [1.29, 1.82) is 10.5 Å². The fourth-order valence-corrected chi connectivity index (χ4v) is 4.16. The third-order valence-electron chi connectivity index (χ3n) is 4.55. The van der Waals surface area contributed by atoms with Crippen molar-refractivity contribution in [2.45, 2.75) is 13.8 Å². The smallest absolute Gasteiger partial charge is 0.337 e. The van der Waals surface area contributed by atoms with Crippen LogP contribution in [0.2, 0.25) is 0 Å². The lowest BCUT2D eigenvalue weighted by Crippen LogP contribution is -2.31. The Balaban J connectivity index is 2.33. The Morgan fingerprint density at radius 2 is 1.67 bits per heavy atom. The van der Waals surface area contributed by atoms with Gasteiger partial charge in [0.05, 0.1) is 22.9 Å². The molecule has 2 aromatic carbocycles. The molecule has 0 amide bonds. The minimum atomic E-state index is -0.445. The SMILES string of the molecule is COC(=O)c1ccc(/C=c2\sc(=C(C#N)C#N)n(-c3c(C)cccc3C)c2=O)cc1. The van der Waals surface area contributed by atoms with Crippen molar-refractivity contribution in [3.8, 4) is 17.8 Å². The van der Waals surface area contributed by atoms with Crippen LogP contribution < -0.4 is 14.8 Å². The number of carbonyl (C=O) groups is 1. The standard InChI is InChI=1S/C23H17N3O3S/c1-14-5-4-6-15(2)20(14)26-21(27)19(30-22(26)18(12-24)13-25)11-16-7-9-17(10-8-16)23(28)29-3/h4-11H,1-3H3/b19-11-. The van der Waals surface area contributed by atoms with Gasteiger partial charge in [-0.1, -0.05) is 30.3 Å². The second-order valence-corrected chi connectivity index (χ2v) is 7.54. The van der Waals surface area contributed by atoms with Crippen molar-refractivity contribution in [2.75, 3.05) is 7.11 Å². The molecule has 0 atom stereocenters. The van der Waals surface area contributed by atoms with Gasteiger partial charge in [0.15, 0.2) is 5.57 Å². The van der Waals surface area contributed by atoms with Crippen LogP contribution in [0.3, 0.4) is 0 Å². The average Bonchev–Trinajstić information content (AvgIpc) is 3.05. The molecule has 0 radical (unpaired) electrons. The van der Waals surface area contributed by atoms with Gasteiger partial charge < -0.3 is 4.74 Å². The topological polar surface area (TPSA) is 95.9 Å². The van der Waals surface area contributed by atoms with Crippen LogP contribution in [-0.4, -0.2) is 17.6 Å². The molecule has 0 spiro atoms. The third kappa shape index (κ3) is 3.80. The van der Waals surface area contributed by atoms with Gasteiger partial charge in [-0.05, 0) is 48.7 Å². The molecule has 6 nitrogen and oxygen atoms in total. The monoisotopic (exact) mass is 415 g/mol. The number of carbonyl (C=O) groups excluding carboxylic acids is 1. The molecule has 30 heavy (non-hydrogen) atoms. The van der Waals surface area contributed by atoms with Crippen molar-refractivity contribution < 1.29 is 9.53 Å². The molecule has 0 saturated carbocycles. The van der Waals surface area contributed by atoms with E-state index in [1.54, 1.807) is 30.3 Å². The van der Waals surface area contributed by atoms with E-state index in [0.717, 1.165) is 22.5 Å². The lowest BCUT2D eigenvalue weighted by molar-refractivity contribution is 0.0600. The number of nitriles is 2. The highest BCUT2D eigenvalue weighted by molar-refractivity contribution is 7.07. The van der Waals surface area contributed by atoms with Gasteiger partial charge in [0, 0.05) is 0 Å². The summed E-state index contributed by atoms with van der Waals surface area (Å²) in [6, 6.07) is 16.0. The van der Waals surface area contributed by atoms with Crippen molar-refractivity contribution in [1.82, 2.24) is 4.57 Å². The molecule has 1 heterocycles. The maximum absolute atomic E-state index is 13.3. The van der Waals surface area contributed by atoms with Gasteiger partial charge in [0.1, 0.15) is 16.8 Å². The second-order valence-electron chi connectivity index (χ2n) is 6.51. The number of ether oxygens (including phenoxy) is 1. The van der Waals surface area contributed by atoms with Gasteiger partial charge in [-0.3, -0.25) is 9.36 Å². The fourth-order valence-electron chi connectivity index (χ4n) is 3.12. The van der Waals surface area contributed by atoms with Crippen LogP contribution in [0, 0.1) is 36.5 Å². The zero-order valence-electron chi connectivity index (χ0n) is 16.6. The lowest BCUT2D eigenvalue weighted by atomic mass is 10.1. The molecule has 1 aromatic heterocycles. The second kappa shape index (κ2) is 8.60. The van der Waals surface area contributed by atoms with Crippen LogP contribution in [0.4, 0.5) is 0 Å². The molecule has 0 unspecified atom stereocenters. The van der Waals surface area contributed by atoms with Crippen molar-refractivity contribution >= 4 is 29.0 Å². The molecular formula is C23H17N3O3S. The van der Waals surface area contributed by atoms with E-state index >= 15 is 0 Å². The Morgan fingerprint density at radius 1 is 1.07 bits per heavy atom. The molecule has 0 fully saturated rings. The van der Waals surface area contributed by atoms with Gasteiger partial charge in [-0.15, -0.1) is 11.3 Å². The van der Waals surface area contributed by atoms with Crippen molar-refractivity contribution in [3.05, 3.63) is 84.3 Å². The molecular weight excluding hydrogens is 398 g/mol. The quantitative estimate of drug-likeness (QED) is 0.612. The largest absolute Gasteiger partial charge is 0.465 e. The van der Waals surface area contributed by atoms with E-state index in [1.165, 1.54) is 11.7 Å². The zero-order chi connectivity index (χ0) is 21.8. The third-order valence-corrected chi connectivity index (χ3v) is 5.65. The Hall–Kier alpha value is -3.94. The predicted molar refractivity (Wildman–Crippen MR) is 115 cm³/mol. The summed E-state index contributed by atoms with van der Waals surface area (Å²) < 4.78 is 6.79. The van der Waals surface area contributed by atoms with E-state index in [1.807, 2.05) is 44.2 Å². The Morgan fingerprint density at radius 3 is 2.20 bits per heavy atom. The minimum Gasteiger partial charge on any atom is -0.465 e. The van der Waals surface area contributed by atoms with E-state index < -0.39 is 5.97 Å². The molecule has 148 valence electrons. The number of thiazole rings is 1. The van der Waals surface area contributed by atoms with Gasteiger partial charge in [0.2, 0.25) is 0 Å². The first-order valence-corrected chi connectivity index (χ1v) is 9.76. The predicted octanol–water partition coefficient (Wildman–Crippen LogP) is 2.33. The lowest BCUT2D eigenvalue weighted by Gasteiger charge is -2.10. The molecule has 3 aromatic rings. The molecule has 0 saturated heterocycles. The summed E-state index contributed by atoms with van der Waals surface area (Å²) in [7, 11) is 1.31. The van der Waals surface area contributed by atoms with E-state index in [0.29, 0.717) is 26.0 Å². The van der Waals surface area contributed by atoms with E-state index in [-0.39, 0.29) is 11.1 Å². The van der Waals surface area contributed by atoms with Crippen LogP contribution in [0.5, 0.6) is 0 Å². The summed E-state index contributed by atoms with van der Waals surface area (Å²) in [6.07, 6.45) is 1.67. The fraction of sp³-hybridized carbons (Fsp3) is 0.130. The van der Waals surface area contributed by atoms with Crippen LogP contribution >= 0.6 is 11.3 Å². The van der Waals surface area contributed by atoms with Crippen molar-refractivity contribution in [2.24, 2.45) is 0 Å². The summed E-state index contributed by atoms with van der Waals surface area (Å²) in [5.74, 6) is -0.445. The van der Waals surface area contributed by atoms with E-state index in [9.17, 15) is 20.1 Å². The Bertz CT molecular complexity index is 1360. The summed E-state index contributed by atoms with van der Waals surface area (Å²) >= 11 is 1.09. The highest BCUT2D eigenvalue weighted by Gasteiger charge is 2.15. The maximum atomic E-state index is 13.3. The minimum absolute atomic E-state index is 0.125. The normalized spacial score (nSPS) is 10.9. The van der Waals surface area contributed by atoms with Gasteiger partial charge in [0.25, 0.3) is 5.56 Å². The van der Waals surface area contributed by atoms with Crippen molar-refractivity contribution in [3.63, 3.8) is 0 Å². The van der Waals surface area contributed by atoms with Gasteiger partial charge >= 0.3 is 5.97 Å². The highest BCUT2D eigenvalue weighted by atomic mass is 32.1. The van der Waals surface area contributed by atoms with Crippen LogP contribution in [0.1, 0.15) is 27.0 Å². The number of para-hydroxylation sites is 1. The van der Waals surface area contributed by atoms with Crippen LogP contribution in [0.25, 0.3) is 17.3 Å². The number of aromatic nitrogens is 1. The number of esters is 1. The van der Waals surface area contributed by atoms with Crippen LogP contribution in [-0.2, 0) is 4.74 Å². The van der Waals surface area contributed by atoms with Gasteiger partial charge in [-0.2, -0.15) is 10.5 Å². The summed E-state index contributed by atoms with van der Waals surface area (Å²) in [4.78, 5) is 24.9. The number of rotatable bonds is 3. The first kappa shape index (κ1) is 20.8. The number of hydrogen-bond acceptors (Lipinski definition) is 6. The Kier molecular flexibility index (Phi) is 5.96. The summed E-state index contributed by atoms with van der Waals surface area (Å²) in [5.41, 5.74) is 3.06. The number of aryl methyl sites for hydroxylation is 2. The van der Waals surface area contributed by atoms with E-state index in [4.69, 9.17) is 4.74 Å².